The third kappa shape index (κ3) is 1.80. The SMILES string of the molecule is COc1c(O)cc(Br)c(F)c1-c1cnn(C)c1N. The number of hydrogen-bond donors (Lipinski definition) is 2. The molecule has 3 N–H and O–H groups in total. The number of phenolic OH excluding ortho intramolecular Hbond substituents is 1. The second kappa shape index (κ2) is 4.49. The molecule has 96 valence electrons. The number of aryl methyl sites for hydroxylation is 1. The molecule has 0 fully saturated rings. The molecular weight excluding hydrogens is 305 g/mol. The van der Waals surface area contributed by atoms with Gasteiger partial charge in [-0.05, 0) is 15.9 Å². The van der Waals surface area contributed by atoms with Crippen LogP contribution in [0.4, 0.5) is 10.2 Å². The summed E-state index contributed by atoms with van der Waals surface area (Å²) in [4.78, 5) is 0. The van der Waals surface area contributed by atoms with Gasteiger partial charge in [0.1, 0.15) is 11.6 Å². The maximum Gasteiger partial charge on any atom is 0.171 e. The Morgan fingerprint density at radius 3 is 2.72 bits per heavy atom. The van der Waals surface area contributed by atoms with Gasteiger partial charge in [0.15, 0.2) is 11.5 Å². The van der Waals surface area contributed by atoms with Gasteiger partial charge < -0.3 is 15.6 Å². The van der Waals surface area contributed by atoms with E-state index in [0.717, 1.165) is 0 Å². The molecule has 0 saturated heterocycles. The lowest BCUT2D eigenvalue weighted by Gasteiger charge is -2.12. The fourth-order valence-electron chi connectivity index (χ4n) is 1.68. The van der Waals surface area contributed by atoms with Crippen molar-refractivity contribution in [3.8, 4) is 22.6 Å². The van der Waals surface area contributed by atoms with E-state index in [4.69, 9.17) is 10.5 Å². The number of ether oxygens (including phenoxy) is 1. The van der Waals surface area contributed by atoms with Crippen LogP contribution in [0.2, 0.25) is 0 Å². The lowest BCUT2D eigenvalue weighted by atomic mass is 10.1. The number of rotatable bonds is 2. The highest BCUT2D eigenvalue weighted by molar-refractivity contribution is 9.10. The average molecular weight is 316 g/mol. The largest absolute Gasteiger partial charge is 0.504 e. The number of nitrogens with zero attached hydrogens (tertiary/aromatic N) is 2. The van der Waals surface area contributed by atoms with Crippen LogP contribution in [0.15, 0.2) is 16.7 Å². The highest BCUT2D eigenvalue weighted by Crippen LogP contribution is 2.44. The van der Waals surface area contributed by atoms with Crippen molar-refractivity contribution in [2.24, 2.45) is 7.05 Å². The summed E-state index contributed by atoms with van der Waals surface area (Å²) in [5.74, 6) is -0.437. The highest BCUT2D eigenvalue weighted by Gasteiger charge is 2.22. The molecular formula is C11H11BrFN3O2. The number of benzene rings is 1. The molecule has 0 amide bonds. The Hall–Kier alpha value is -1.76. The van der Waals surface area contributed by atoms with Gasteiger partial charge in [-0.1, -0.05) is 0 Å². The summed E-state index contributed by atoms with van der Waals surface area (Å²) in [6.45, 7) is 0. The quantitative estimate of drug-likeness (QED) is 0.891. The van der Waals surface area contributed by atoms with Gasteiger partial charge >= 0.3 is 0 Å². The third-order valence-corrected chi connectivity index (χ3v) is 3.19. The van der Waals surface area contributed by atoms with Crippen LogP contribution in [0.5, 0.6) is 11.5 Å². The number of phenols is 1. The van der Waals surface area contributed by atoms with Crippen LogP contribution in [-0.2, 0) is 7.05 Å². The Balaban J connectivity index is 2.81. The number of hydrogen-bond acceptors (Lipinski definition) is 4. The number of aromatic hydroxyl groups is 1. The topological polar surface area (TPSA) is 73.3 Å². The fraction of sp³-hybridized carbons (Fsp3) is 0.182. The monoisotopic (exact) mass is 315 g/mol. The molecule has 0 atom stereocenters. The average Bonchev–Trinajstić information content (AvgIpc) is 2.65. The smallest absolute Gasteiger partial charge is 0.171 e. The van der Waals surface area contributed by atoms with E-state index < -0.39 is 5.82 Å². The minimum atomic E-state index is -0.565. The first-order valence-electron chi connectivity index (χ1n) is 5.00. The third-order valence-electron chi connectivity index (χ3n) is 2.61. The van der Waals surface area contributed by atoms with Gasteiger partial charge in [-0.2, -0.15) is 5.10 Å². The summed E-state index contributed by atoms with van der Waals surface area (Å²) in [5.41, 5.74) is 6.25. The molecule has 2 rings (SSSR count). The van der Waals surface area contributed by atoms with Gasteiger partial charge in [0.2, 0.25) is 0 Å². The Bertz CT molecular complexity index is 613. The van der Waals surface area contributed by atoms with E-state index in [0.29, 0.717) is 5.56 Å². The summed E-state index contributed by atoms with van der Waals surface area (Å²) in [6, 6.07) is 1.23. The lowest BCUT2D eigenvalue weighted by Crippen LogP contribution is -2.00. The van der Waals surface area contributed by atoms with Crippen molar-refractivity contribution in [2.45, 2.75) is 0 Å². The van der Waals surface area contributed by atoms with E-state index in [1.54, 1.807) is 7.05 Å². The van der Waals surface area contributed by atoms with Crippen molar-refractivity contribution in [3.63, 3.8) is 0 Å². The zero-order chi connectivity index (χ0) is 13.4. The minimum absolute atomic E-state index is 0.0235. The van der Waals surface area contributed by atoms with Gasteiger partial charge in [0.25, 0.3) is 0 Å². The second-order valence-electron chi connectivity index (χ2n) is 3.67. The summed E-state index contributed by atoms with van der Waals surface area (Å²) < 4.78 is 20.7. The number of aromatic nitrogens is 2. The zero-order valence-corrected chi connectivity index (χ0v) is 11.3. The predicted molar refractivity (Wildman–Crippen MR) is 68.9 cm³/mol. The first-order valence-corrected chi connectivity index (χ1v) is 5.79. The maximum atomic E-state index is 14.2. The van der Waals surface area contributed by atoms with Crippen LogP contribution < -0.4 is 10.5 Å². The van der Waals surface area contributed by atoms with Crippen LogP contribution in [0.3, 0.4) is 0 Å². The van der Waals surface area contributed by atoms with E-state index in [1.165, 1.54) is 24.1 Å². The maximum absolute atomic E-state index is 14.2. The molecule has 0 aliphatic rings. The van der Waals surface area contributed by atoms with Crippen LogP contribution >= 0.6 is 15.9 Å². The Morgan fingerprint density at radius 1 is 1.56 bits per heavy atom. The summed E-state index contributed by atoms with van der Waals surface area (Å²) in [7, 11) is 2.99. The normalized spacial score (nSPS) is 10.7. The van der Waals surface area contributed by atoms with Crippen LogP contribution in [0, 0.1) is 5.82 Å². The molecule has 2 aromatic rings. The zero-order valence-electron chi connectivity index (χ0n) is 9.74. The number of methoxy groups -OCH3 is 1. The highest BCUT2D eigenvalue weighted by atomic mass is 79.9. The first-order chi connectivity index (χ1) is 8.47. The molecule has 1 aromatic carbocycles. The van der Waals surface area contributed by atoms with Crippen molar-refractivity contribution in [1.29, 1.82) is 0 Å². The van der Waals surface area contributed by atoms with E-state index in [2.05, 4.69) is 21.0 Å². The number of nitrogens with two attached hydrogens (primary N) is 1. The second-order valence-corrected chi connectivity index (χ2v) is 4.52. The Morgan fingerprint density at radius 2 is 2.22 bits per heavy atom. The van der Waals surface area contributed by atoms with Gasteiger partial charge in [0.05, 0.1) is 28.9 Å². The predicted octanol–water partition coefficient (Wildman–Crippen LogP) is 2.29. The molecule has 0 radical (unpaired) electrons. The lowest BCUT2D eigenvalue weighted by molar-refractivity contribution is 0.371. The van der Waals surface area contributed by atoms with Crippen molar-refractivity contribution in [2.75, 3.05) is 12.8 Å². The van der Waals surface area contributed by atoms with Crippen molar-refractivity contribution in [1.82, 2.24) is 9.78 Å². The van der Waals surface area contributed by atoms with E-state index in [-0.39, 0.29) is 27.4 Å². The molecule has 0 saturated carbocycles. The van der Waals surface area contributed by atoms with Crippen LogP contribution in [0.25, 0.3) is 11.1 Å². The first kappa shape index (κ1) is 12.7. The van der Waals surface area contributed by atoms with Crippen molar-refractivity contribution in [3.05, 3.63) is 22.6 Å². The molecule has 18 heavy (non-hydrogen) atoms. The summed E-state index contributed by atoms with van der Waals surface area (Å²) in [5, 5.41) is 13.7. The molecule has 7 heteroatoms. The summed E-state index contributed by atoms with van der Waals surface area (Å²) >= 11 is 3.03. The molecule has 0 aliphatic heterocycles. The minimum Gasteiger partial charge on any atom is -0.504 e. The van der Waals surface area contributed by atoms with Crippen LogP contribution in [-0.4, -0.2) is 22.0 Å². The summed E-state index contributed by atoms with van der Waals surface area (Å²) in [6.07, 6.45) is 1.42. The van der Waals surface area contributed by atoms with E-state index in [9.17, 15) is 9.50 Å². The van der Waals surface area contributed by atoms with E-state index >= 15 is 0 Å². The molecule has 0 unspecified atom stereocenters. The van der Waals surface area contributed by atoms with Gasteiger partial charge in [-0.25, -0.2) is 4.39 Å². The molecule has 0 aliphatic carbocycles. The van der Waals surface area contributed by atoms with Crippen LogP contribution in [0.1, 0.15) is 0 Å². The molecule has 1 heterocycles. The van der Waals surface area contributed by atoms with Crippen molar-refractivity contribution < 1.29 is 14.2 Å². The Kier molecular flexibility index (Phi) is 3.16. The molecule has 0 spiro atoms. The molecule has 0 bridgehead atoms. The molecule has 5 nitrogen and oxygen atoms in total. The number of nitrogen functional groups attached to an aromatic ring is 1. The van der Waals surface area contributed by atoms with Gasteiger partial charge in [0, 0.05) is 13.1 Å². The molecule has 1 aromatic heterocycles. The van der Waals surface area contributed by atoms with Gasteiger partial charge in [-0.15, -0.1) is 0 Å². The Labute approximate surface area is 111 Å². The van der Waals surface area contributed by atoms with Gasteiger partial charge in [-0.3, -0.25) is 4.68 Å². The fourth-order valence-corrected chi connectivity index (χ4v) is 2.10. The van der Waals surface area contributed by atoms with E-state index in [1.807, 2.05) is 0 Å². The number of anilines is 1. The standard InChI is InChI=1S/C11H11BrFN3O2/c1-16-11(14)5(4-15-16)8-9(13)6(12)3-7(17)10(8)18-2/h3-4,17H,14H2,1-2H3. The van der Waals surface area contributed by atoms with Crippen molar-refractivity contribution >= 4 is 21.7 Å². The number of halogens is 2.